The number of hydrogen-bond donors (Lipinski definition) is 1. The Morgan fingerprint density at radius 2 is 1.80 bits per heavy atom. The van der Waals surface area contributed by atoms with Crippen LogP contribution in [-0.2, 0) is 4.79 Å². The molecule has 0 bridgehead atoms. The van der Waals surface area contributed by atoms with Crippen molar-refractivity contribution in [3.05, 3.63) is 0 Å². The molecule has 1 N–H and O–H groups in total. The smallest absolute Gasteiger partial charge is 0.165 e. The first-order valence-electron chi connectivity index (χ1n) is 8.82. The number of carbonyl (C=O) groups excluding carboxylic acids is 1. The average Bonchev–Trinajstić information content (AvgIpc) is 2.68. The average molecular weight is 276 g/mol. The molecule has 2 nitrogen and oxygen atoms in total. The zero-order valence-corrected chi connectivity index (χ0v) is 12.7. The van der Waals surface area contributed by atoms with Crippen molar-refractivity contribution in [3.8, 4) is 0 Å². The largest absolute Gasteiger partial charge is 0.385 e. The van der Waals surface area contributed by atoms with E-state index in [1.807, 2.05) is 0 Å². The Morgan fingerprint density at radius 3 is 2.65 bits per heavy atom. The van der Waals surface area contributed by atoms with Crippen LogP contribution in [0.3, 0.4) is 0 Å². The molecule has 4 fully saturated rings. The first-order valence-corrected chi connectivity index (χ1v) is 8.82. The van der Waals surface area contributed by atoms with E-state index in [9.17, 15) is 9.90 Å². The molecule has 4 aliphatic rings. The summed E-state index contributed by atoms with van der Waals surface area (Å²) in [5.74, 6) is 3.61. The van der Waals surface area contributed by atoms with Crippen molar-refractivity contribution >= 4 is 5.78 Å². The highest BCUT2D eigenvalue weighted by Gasteiger charge is 2.59. The first kappa shape index (κ1) is 13.3. The van der Waals surface area contributed by atoms with E-state index in [1.54, 1.807) is 0 Å². The SMILES string of the molecule is C[C@]12CC[C@H]3[C@@H](CCC4CCCC[C@@H]43)[C@@H]1C(=O)C(O)C2. The van der Waals surface area contributed by atoms with Gasteiger partial charge in [0.05, 0.1) is 0 Å². The van der Waals surface area contributed by atoms with E-state index >= 15 is 0 Å². The van der Waals surface area contributed by atoms with Crippen molar-refractivity contribution in [2.24, 2.45) is 35.0 Å². The Hall–Kier alpha value is -0.370. The summed E-state index contributed by atoms with van der Waals surface area (Å²) in [6, 6.07) is 0. The van der Waals surface area contributed by atoms with Gasteiger partial charge in [0.15, 0.2) is 5.78 Å². The maximum Gasteiger partial charge on any atom is 0.165 e. The van der Waals surface area contributed by atoms with Crippen molar-refractivity contribution in [1.82, 2.24) is 0 Å². The van der Waals surface area contributed by atoms with Gasteiger partial charge in [-0.25, -0.2) is 0 Å². The molecule has 0 spiro atoms. The van der Waals surface area contributed by atoms with Crippen molar-refractivity contribution in [2.75, 3.05) is 0 Å². The molecule has 0 aromatic rings. The van der Waals surface area contributed by atoms with Crippen LogP contribution in [0.2, 0.25) is 0 Å². The van der Waals surface area contributed by atoms with Gasteiger partial charge in [0.25, 0.3) is 0 Å². The fourth-order valence-electron chi connectivity index (χ4n) is 6.64. The number of rotatable bonds is 0. The summed E-state index contributed by atoms with van der Waals surface area (Å²) in [5, 5.41) is 10.1. The summed E-state index contributed by atoms with van der Waals surface area (Å²) in [4.78, 5) is 12.5. The van der Waals surface area contributed by atoms with Gasteiger partial charge in [0, 0.05) is 5.92 Å². The monoisotopic (exact) mass is 276 g/mol. The Morgan fingerprint density at radius 1 is 1.00 bits per heavy atom. The van der Waals surface area contributed by atoms with E-state index in [4.69, 9.17) is 0 Å². The molecule has 4 aliphatic carbocycles. The van der Waals surface area contributed by atoms with E-state index in [0.717, 1.165) is 24.2 Å². The molecule has 20 heavy (non-hydrogen) atoms. The molecule has 7 atom stereocenters. The Labute approximate surface area is 122 Å². The van der Waals surface area contributed by atoms with E-state index in [-0.39, 0.29) is 17.1 Å². The van der Waals surface area contributed by atoms with Crippen molar-refractivity contribution in [3.63, 3.8) is 0 Å². The molecule has 4 saturated carbocycles. The van der Waals surface area contributed by atoms with Gasteiger partial charge < -0.3 is 5.11 Å². The Kier molecular flexibility index (Phi) is 3.03. The molecule has 2 heteroatoms. The van der Waals surface area contributed by atoms with Gasteiger partial charge in [-0.1, -0.05) is 26.2 Å². The summed E-state index contributed by atoms with van der Waals surface area (Å²) in [6.45, 7) is 2.27. The van der Waals surface area contributed by atoms with Gasteiger partial charge in [0.1, 0.15) is 6.10 Å². The third-order valence-corrected chi connectivity index (χ3v) is 7.46. The molecule has 0 heterocycles. The van der Waals surface area contributed by atoms with Crippen LogP contribution in [0.1, 0.15) is 64.7 Å². The maximum absolute atomic E-state index is 12.5. The molecular formula is C18H28O2. The second-order valence-corrected chi connectivity index (χ2v) is 8.41. The highest BCUT2D eigenvalue weighted by molar-refractivity contribution is 5.88. The van der Waals surface area contributed by atoms with Crippen LogP contribution in [0.25, 0.3) is 0 Å². The minimum absolute atomic E-state index is 0.110. The summed E-state index contributed by atoms with van der Waals surface area (Å²) >= 11 is 0. The lowest BCUT2D eigenvalue weighted by molar-refractivity contribution is -0.135. The zero-order chi connectivity index (χ0) is 13.9. The van der Waals surface area contributed by atoms with Gasteiger partial charge in [-0.3, -0.25) is 4.79 Å². The summed E-state index contributed by atoms with van der Waals surface area (Å²) in [5.41, 5.74) is 0.110. The van der Waals surface area contributed by atoms with E-state index in [2.05, 4.69) is 6.92 Å². The maximum atomic E-state index is 12.5. The molecule has 0 aliphatic heterocycles. The molecule has 112 valence electrons. The van der Waals surface area contributed by atoms with Crippen LogP contribution in [0.4, 0.5) is 0 Å². The fourth-order valence-corrected chi connectivity index (χ4v) is 6.64. The number of aliphatic hydroxyl groups is 1. The van der Waals surface area contributed by atoms with Gasteiger partial charge in [-0.15, -0.1) is 0 Å². The quantitative estimate of drug-likeness (QED) is 0.734. The second kappa shape index (κ2) is 4.56. The molecule has 2 unspecified atom stereocenters. The number of carbonyl (C=O) groups is 1. The van der Waals surface area contributed by atoms with Gasteiger partial charge in [-0.05, 0) is 67.6 Å². The van der Waals surface area contributed by atoms with Crippen LogP contribution < -0.4 is 0 Å². The highest BCUT2D eigenvalue weighted by Crippen LogP contribution is 2.61. The standard InChI is InChI=1S/C18H28O2/c1-18-9-8-13-12-5-3-2-4-11(12)6-7-14(13)16(18)17(20)15(19)10-18/h11-16,19H,2-10H2,1H3/t11?,12-,13+,14+,15?,16+,18+/m0/s1. The van der Waals surface area contributed by atoms with Crippen LogP contribution in [0.15, 0.2) is 0 Å². The summed E-state index contributed by atoms with van der Waals surface area (Å²) in [7, 11) is 0. The molecule has 0 radical (unpaired) electrons. The van der Waals surface area contributed by atoms with Crippen molar-refractivity contribution in [1.29, 1.82) is 0 Å². The van der Waals surface area contributed by atoms with Crippen LogP contribution in [0.5, 0.6) is 0 Å². The number of Topliss-reactive ketones (excluding diaryl/α,β-unsaturated/α-hetero) is 1. The lowest BCUT2D eigenvalue weighted by Gasteiger charge is -2.53. The molecule has 0 aromatic heterocycles. The highest BCUT2D eigenvalue weighted by atomic mass is 16.3. The Bertz CT molecular complexity index is 418. The summed E-state index contributed by atoms with van der Waals surface area (Å²) < 4.78 is 0. The number of ketones is 1. The van der Waals surface area contributed by atoms with E-state index < -0.39 is 6.10 Å². The first-order chi connectivity index (χ1) is 9.60. The number of hydrogen-bond acceptors (Lipinski definition) is 2. The van der Waals surface area contributed by atoms with Crippen molar-refractivity contribution < 1.29 is 9.90 Å². The minimum atomic E-state index is -0.659. The second-order valence-electron chi connectivity index (χ2n) is 8.41. The van der Waals surface area contributed by atoms with Gasteiger partial charge >= 0.3 is 0 Å². The zero-order valence-electron chi connectivity index (χ0n) is 12.7. The molecular weight excluding hydrogens is 248 g/mol. The lowest BCUT2D eigenvalue weighted by atomic mass is 9.51. The third-order valence-electron chi connectivity index (χ3n) is 7.46. The predicted octanol–water partition coefficient (Wildman–Crippen LogP) is 3.57. The fraction of sp³-hybridized carbons (Fsp3) is 0.944. The van der Waals surface area contributed by atoms with Crippen LogP contribution in [0, 0.1) is 35.0 Å². The molecule has 0 saturated heterocycles. The lowest BCUT2D eigenvalue weighted by Crippen LogP contribution is -2.48. The van der Waals surface area contributed by atoms with Crippen molar-refractivity contribution in [2.45, 2.75) is 70.8 Å². The van der Waals surface area contributed by atoms with Gasteiger partial charge in [0.2, 0.25) is 0 Å². The molecule has 0 amide bonds. The number of aliphatic hydroxyl groups excluding tert-OH is 1. The Balaban J connectivity index is 1.63. The minimum Gasteiger partial charge on any atom is -0.385 e. The van der Waals surface area contributed by atoms with E-state index in [1.165, 1.54) is 51.4 Å². The molecule has 4 rings (SSSR count). The predicted molar refractivity (Wildman–Crippen MR) is 78.1 cm³/mol. The summed E-state index contributed by atoms with van der Waals surface area (Å²) in [6.07, 6.45) is 10.8. The topological polar surface area (TPSA) is 37.3 Å². The normalized spacial score (nSPS) is 55.0. The van der Waals surface area contributed by atoms with E-state index in [0.29, 0.717) is 5.92 Å². The number of fused-ring (bicyclic) bond motifs is 5. The van der Waals surface area contributed by atoms with Gasteiger partial charge in [-0.2, -0.15) is 0 Å². The third kappa shape index (κ3) is 1.76. The van der Waals surface area contributed by atoms with Crippen LogP contribution >= 0.6 is 0 Å². The molecule has 0 aromatic carbocycles. The van der Waals surface area contributed by atoms with Crippen LogP contribution in [-0.4, -0.2) is 17.0 Å².